The minimum Gasteiger partial charge on any atom is -0.481 e. The Hall–Kier alpha value is -1.10. The first-order chi connectivity index (χ1) is 6.88. The molecule has 0 spiro atoms. The van der Waals surface area contributed by atoms with E-state index in [4.69, 9.17) is 9.84 Å². The van der Waals surface area contributed by atoms with Crippen LogP contribution in [0.5, 0.6) is 0 Å². The molecule has 0 aromatic rings. The molecule has 1 unspecified atom stereocenters. The Balaban J connectivity index is 2.61. The van der Waals surface area contributed by atoms with Crippen molar-refractivity contribution in [3.8, 4) is 0 Å². The summed E-state index contributed by atoms with van der Waals surface area (Å²) in [7, 11) is 1.47. The Morgan fingerprint density at radius 3 is 2.47 bits per heavy atom. The van der Waals surface area contributed by atoms with Crippen molar-refractivity contribution in [2.75, 3.05) is 20.2 Å². The molecule has 0 radical (unpaired) electrons. The molecule has 1 fully saturated rings. The molecule has 0 saturated carbocycles. The molecule has 5 heteroatoms. The summed E-state index contributed by atoms with van der Waals surface area (Å²) in [6.07, 6.45) is 0.529. The maximum absolute atomic E-state index is 11.9. The largest absolute Gasteiger partial charge is 0.481 e. The number of carbonyl (C=O) groups excluding carboxylic acids is 1. The van der Waals surface area contributed by atoms with Crippen LogP contribution in [0.1, 0.15) is 20.3 Å². The quantitative estimate of drug-likeness (QED) is 0.737. The van der Waals surface area contributed by atoms with Gasteiger partial charge in [0, 0.05) is 20.2 Å². The molecule has 0 bridgehead atoms. The molecule has 5 nitrogen and oxygen atoms in total. The van der Waals surface area contributed by atoms with Crippen LogP contribution < -0.4 is 0 Å². The zero-order valence-corrected chi connectivity index (χ0v) is 9.32. The second-order valence-corrected chi connectivity index (χ2v) is 4.29. The molecule has 1 saturated heterocycles. The molecular formula is C10H17NO4. The fourth-order valence-electron chi connectivity index (χ4n) is 1.61. The van der Waals surface area contributed by atoms with Crippen molar-refractivity contribution < 1.29 is 19.4 Å². The minimum atomic E-state index is -0.868. The first-order valence-electron chi connectivity index (χ1n) is 4.96. The number of hydrogen-bond acceptors (Lipinski definition) is 3. The van der Waals surface area contributed by atoms with Gasteiger partial charge in [-0.15, -0.1) is 0 Å². The number of methoxy groups -OCH3 is 1. The van der Waals surface area contributed by atoms with E-state index in [0.29, 0.717) is 19.5 Å². The zero-order valence-electron chi connectivity index (χ0n) is 9.32. The number of carboxylic acids is 1. The number of amides is 1. The maximum atomic E-state index is 11.9. The number of likely N-dealkylation sites (tertiary alicyclic amines) is 1. The van der Waals surface area contributed by atoms with Crippen LogP contribution in [0.4, 0.5) is 0 Å². The van der Waals surface area contributed by atoms with Crippen LogP contribution in [0, 0.1) is 5.92 Å². The maximum Gasteiger partial charge on any atom is 0.308 e. The van der Waals surface area contributed by atoms with Crippen LogP contribution in [0.25, 0.3) is 0 Å². The van der Waals surface area contributed by atoms with Crippen LogP contribution in [-0.2, 0) is 14.3 Å². The third-order valence-corrected chi connectivity index (χ3v) is 2.85. The summed E-state index contributed by atoms with van der Waals surface area (Å²) in [4.78, 5) is 24.2. The standard InChI is InChI=1S/C10H17NO4/c1-10(2,15-3)9(14)11-5-4-7(6-11)8(12)13/h7H,4-6H2,1-3H3,(H,12,13). The molecule has 1 N–H and O–H groups in total. The SMILES string of the molecule is COC(C)(C)C(=O)N1CCC(C(=O)O)C1. The van der Waals surface area contributed by atoms with E-state index in [1.807, 2.05) is 0 Å². The summed E-state index contributed by atoms with van der Waals surface area (Å²) in [5.74, 6) is -1.41. The van der Waals surface area contributed by atoms with Crippen molar-refractivity contribution in [3.63, 3.8) is 0 Å². The fraction of sp³-hybridized carbons (Fsp3) is 0.800. The first-order valence-corrected chi connectivity index (χ1v) is 4.96. The summed E-state index contributed by atoms with van der Waals surface area (Å²) in [5, 5.41) is 8.80. The number of hydrogen-bond donors (Lipinski definition) is 1. The molecule has 86 valence electrons. The second kappa shape index (κ2) is 4.18. The lowest BCUT2D eigenvalue weighted by Gasteiger charge is -2.27. The van der Waals surface area contributed by atoms with Gasteiger partial charge in [-0.3, -0.25) is 9.59 Å². The molecule has 0 aromatic carbocycles. The van der Waals surface area contributed by atoms with Crippen molar-refractivity contribution in [1.29, 1.82) is 0 Å². The smallest absolute Gasteiger partial charge is 0.308 e. The Morgan fingerprint density at radius 2 is 2.07 bits per heavy atom. The van der Waals surface area contributed by atoms with Crippen LogP contribution in [0.3, 0.4) is 0 Å². The molecule has 15 heavy (non-hydrogen) atoms. The van der Waals surface area contributed by atoms with Gasteiger partial charge in [0.15, 0.2) is 0 Å². The minimum absolute atomic E-state index is 0.145. The van der Waals surface area contributed by atoms with Gasteiger partial charge >= 0.3 is 5.97 Å². The highest BCUT2D eigenvalue weighted by molar-refractivity contribution is 5.85. The number of carbonyl (C=O) groups is 2. The highest BCUT2D eigenvalue weighted by Crippen LogP contribution is 2.21. The van der Waals surface area contributed by atoms with E-state index in [2.05, 4.69) is 0 Å². The normalized spacial score (nSPS) is 21.8. The van der Waals surface area contributed by atoms with Gasteiger partial charge in [-0.05, 0) is 20.3 Å². The van der Waals surface area contributed by atoms with Crippen LogP contribution in [-0.4, -0.2) is 47.7 Å². The lowest BCUT2D eigenvalue weighted by molar-refractivity contribution is -0.150. The molecule has 1 aliphatic rings. The van der Waals surface area contributed by atoms with E-state index in [-0.39, 0.29) is 5.91 Å². The molecule has 1 aliphatic heterocycles. The van der Waals surface area contributed by atoms with Crippen molar-refractivity contribution in [2.24, 2.45) is 5.92 Å². The first kappa shape index (κ1) is 12.0. The monoisotopic (exact) mass is 215 g/mol. The Labute approximate surface area is 89.0 Å². The Morgan fingerprint density at radius 1 is 1.47 bits per heavy atom. The lowest BCUT2D eigenvalue weighted by atomic mass is 10.1. The van der Waals surface area contributed by atoms with E-state index in [0.717, 1.165) is 0 Å². The number of nitrogens with zero attached hydrogens (tertiary/aromatic N) is 1. The van der Waals surface area contributed by atoms with Gasteiger partial charge in [0.1, 0.15) is 5.60 Å². The molecule has 1 rings (SSSR count). The highest BCUT2D eigenvalue weighted by Gasteiger charge is 2.37. The zero-order chi connectivity index (χ0) is 11.6. The van der Waals surface area contributed by atoms with Gasteiger partial charge in [-0.2, -0.15) is 0 Å². The summed E-state index contributed by atoms with van der Waals surface area (Å²) < 4.78 is 5.07. The van der Waals surface area contributed by atoms with Gasteiger partial charge in [0.25, 0.3) is 5.91 Å². The van der Waals surface area contributed by atoms with Crippen molar-refractivity contribution in [2.45, 2.75) is 25.9 Å². The predicted octanol–water partition coefficient (Wildman–Crippen LogP) is 0.344. The molecular weight excluding hydrogens is 198 g/mol. The van der Waals surface area contributed by atoms with Crippen molar-refractivity contribution >= 4 is 11.9 Å². The van der Waals surface area contributed by atoms with E-state index in [1.165, 1.54) is 7.11 Å². The predicted molar refractivity (Wildman–Crippen MR) is 53.4 cm³/mol. The van der Waals surface area contributed by atoms with Crippen LogP contribution >= 0.6 is 0 Å². The Kier molecular flexibility index (Phi) is 3.34. The Bertz CT molecular complexity index is 275. The van der Waals surface area contributed by atoms with Gasteiger partial charge in [-0.1, -0.05) is 0 Å². The van der Waals surface area contributed by atoms with E-state index in [9.17, 15) is 9.59 Å². The van der Waals surface area contributed by atoms with Gasteiger partial charge < -0.3 is 14.7 Å². The molecule has 1 atom stereocenters. The third-order valence-electron chi connectivity index (χ3n) is 2.85. The molecule has 1 heterocycles. The fourth-order valence-corrected chi connectivity index (χ4v) is 1.61. The van der Waals surface area contributed by atoms with Crippen molar-refractivity contribution in [1.82, 2.24) is 4.90 Å². The van der Waals surface area contributed by atoms with Gasteiger partial charge in [0.05, 0.1) is 5.92 Å². The lowest BCUT2D eigenvalue weighted by Crippen LogP contribution is -2.45. The number of carboxylic acid groups (broad SMARTS) is 1. The average Bonchev–Trinajstić information content (AvgIpc) is 2.65. The summed E-state index contributed by atoms with van der Waals surface area (Å²) in [5.41, 5.74) is -0.868. The molecule has 0 aromatic heterocycles. The van der Waals surface area contributed by atoms with E-state index < -0.39 is 17.5 Å². The summed E-state index contributed by atoms with van der Waals surface area (Å²) in [6.45, 7) is 4.16. The number of ether oxygens (including phenoxy) is 1. The van der Waals surface area contributed by atoms with E-state index in [1.54, 1.807) is 18.7 Å². The van der Waals surface area contributed by atoms with Crippen LogP contribution in [0.2, 0.25) is 0 Å². The third kappa shape index (κ3) is 2.47. The number of aliphatic carboxylic acids is 1. The number of rotatable bonds is 3. The van der Waals surface area contributed by atoms with Crippen molar-refractivity contribution in [3.05, 3.63) is 0 Å². The molecule has 0 aliphatic carbocycles. The summed E-state index contributed by atoms with van der Waals surface area (Å²) in [6, 6.07) is 0. The molecule has 1 amide bonds. The van der Waals surface area contributed by atoms with Gasteiger partial charge in [0.2, 0.25) is 0 Å². The van der Waals surface area contributed by atoms with Crippen LogP contribution in [0.15, 0.2) is 0 Å². The van der Waals surface area contributed by atoms with Gasteiger partial charge in [-0.25, -0.2) is 0 Å². The van der Waals surface area contributed by atoms with E-state index >= 15 is 0 Å². The second-order valence-electron chi connectivity index (χ2n) is 4.29. The average molecular weight is 215 g/mol. The topological polar surface area (TPSA) is 66.8 Å². The summed E-state index contributed by atoms with van der Waals surface area (Å²) >= 11 is 0. The highest BCUT2D eigenvalue weighted by atomic mass is 16.5.